The van der Waals surface area contributed by atoms with E-state index in [0.717, 1.165) is 45.1 Å². The highest BCUT2D eigenvalue weighted by Crippen LogP contribution is 2.16. The van der Waals surface area contributed by atoms with Crippen molar-refractivity contribution in [1.29, 1.82) is 0 Å². The van der Waals surface area contributed by atoms with Gasteiger partial charge in [0.1, 0.15) is 0 Å². The number of carbonyl (C=O) groups is 2. The lowest BCUT2D eigenvalue weighted by Gasteiger charge is -1.92. The van der Waals surface area contributed by atoms with Crippen LogP contribution in [0.25, 0.3) is 0 Å². The molecule has 0 aliphatic carbocycles. The lowest BCUT2D eigenvalue weighted by Crippen LogP contribution is -1.94. The molecule has 1 unspecified atom stereocenters. The van der Waals surface area contributed by atoms with Gasteiger partial charge in [0.25, 0.3) is 0 Å². The van der Waals surface area contributed by atoms with Crippen LogP contribution in [0.3, 0.4) is 0 Å². The van der Waals surface area contributed by atoms with E-state index >= 15 is 0 Å². The van der Waals surface area contributed by atoms with Crippen molar-refractivity contribution in [3.63, 3.8) is 0 Å². The Morgan fingerprint density at radius 2 is 1.55 bits per heavy atom. The number of carboxylic acid groups (broad SMARTS) is 2. The highest BCUT2D eigenvalue weighted by Gasteiger charge is 2.21. The Kier molecular flexibility index (Phi) is 19.5. The topological polar surface area (TPSA) is 87.1 Å². The average molecular weight is 357 g/mol. The molecule has 1 aliphatic rings. The van der Waals surface area contributed by atoms with Crippen molar-refractivity contribution in [1.82, 2.24) is 0 Å². The zero-order valence-corrected chi connectivity index (χ0v) is 14.3. The molecular formula is C15H26Cl2O5. The van der Waals surface area contributed by atoms with Gasteiger partial charge in [-0.05, 0) is 32.1 Å². The van der Waals surface area contributed by atoms with Crippen LogP contribution in [0.5, 0.6) is 0 Å². The van der Waals surface area contributed by atoms with Gasteiger partial charge in [-0.25, -0.2) is 0 Å². The van der Waals surface area contributed by atoms with Crippen LogP contribution in [0, 0.1) is 0 Å². The molecule has 0 aromatic carbocycles. The average Bonchev–Trinajstić information content (AvgIpc) is 3.25. The number of allylic oxidation sites excluding steroid dienone is 1. The largest absolute Gasteiger partial charge is 0.481 e. The fourth-order valence-electron chi connectivity index (χ4n) is 1.45. The second kappa shape index (κ2) is 18.3. The maximum Gasteiger partial charge on any atom is 0.303 e. The van der Waals surface area contributed by atoms with Crippen LogP contribution >= 0.6 is 23.2 Å². The van der Waals surface area contributed by atoms with E-state index in [1.807, 2.05) is 6.08 Å². The third-order valence-corrected chi connectivity index (χ3v) is 2.62. The summed E-state index contributed by atoms with van der Waals surface area (Å²) in [5.74, 6) is -1.41. The van der Waals surface area contributed by atoms with E-state index in [1.165, 1.54) is 0 Å². The second-order valence-electron chi connectivity index (χ2n) is 4.62. The third-order valence-electron chi connectivity index (χ3n) is 2.62. The Morgan fingerprint density at radius 1 is 1.09 bits per heavy atom. The van der Waals surface area contributed by atoms with E-state index in [0.29, 0.717) is 12.5 Å². The van der Waals surface area contributed by atoms with Crippen molar-refractivity contribution >= 4 is 35.1 Å². The molecule has 0 bridgehead atoms. The summed E-state index contributed by atoms with van der Waals surface area (Å²) in [6.45, 7) is 4.41. The van der Waals surface area contributed by atoms with Crippen LogP contribution in [-0.2, 0) is 14.3 Å². The Labute approximate surface area is 142 Å². The fraction of sp³-hybridized carbons (Fsp3) is 0.733. The number of halogens is 2. The molecule has 1 atom stereocenters. The molecule has 0 aromatic heterocycles. The summed E-state index contributed by atoms with van der Waals surface area (Å²) in [6, 6.07) is 0. The number of rotatable bonds is 10. The van der Waals surface area contributed by atoms with E-state index in [-0.39, 0.29) is 11.8 Å². The van der Waals surface area contributed by atoms with Crippen molar-refractivity contribution in [2.24, 2.45) is 0 Å². The predicted octanol–water partition coefficient (Wildman–Crippen LogP) is 4.27. The normalized spacial score (nSPS) is 14.7. The van der Waals surface area contributed by atoms with Crippen LogP contribution < -0.4 is 0 Å². The standard InChI is InChI=1S/C7H12O3.C7H12O2.CH2Cl2/c8-7(9)4-2-1-3-6-5-10-6;1-2-3-4-5-6-7(8)9;2-1-3/h6H,1-5H2,(H,8,9);2H,1,3-6H2,(H,8,9);1H2. The molecule has 1 rings (SSSR count). The summed E-state index contributed by atoms with van der Waals surface area (Å²) in [4.78, 5) is 20.0. The first-order valence-corrected chi connectivity index (χ1v) is 8.32. The summed E-state index contributed by atoms with van der Waals surface area (Å²) in [6.07, 6.45) is 8.28. The minimum atomic E-state index is -0.709. The highest BCUT2D eigenvalue weighted by molar-refractivity contribution is 6.40. The number of alkyl halides is 2. The number of hydrogen-bond acceptors (Lipinski definition) is 3. The van der Waals surface area contributed by atoms with Gasteiger partial charge < -0.3 is 14.9 Å². The Morgan fingerprint density at radius 3 is 1.91 bits per heavy atom. The molecule has 7 heteroatoms. The van der Waals surface area contributed by atoms with Gasteiger partial charge in [0.15, 0.2) is 0 Å². The number of carboxylic acids is 2. The number of unbranched alkanes of at least 4 members (excludes halogenated alkanes) is 3. The second-order valence-corrected chi connectivity index (χ2v) is 5.43. The lowest BCUT2D eigenvalue weighted by molar-refractivity contribution is -0.138. The SMILES string of the molecule is C=CCCCCC(=O)O.ClCCl.O=C(O)CCCCC1CO1. The first-order valence-electron chi connectivity index (χ1n) is 7.25. The van der Waals surface area contributed by atoms with Gasteiger partial charge in [0, 0.05) is 12.8 Å². The van der Waals surface area contributed by atoms with Crippen molar-refractivity contribution in [2.45, 2.75) is 57.5 Å². The molecule has 0 spiro atoms. The molecule has 1 heterocycles. The molecule has 0 amide bonds. The monoisotopic (exact) mass is 356 g/mol. The first kappa shape index (κ1) is 23.5. The maximum atomic E-state index is 10.0. The minimum absolute atomic E-state index is 0.194. The number of hydrogen-bond donors (Lipinski definition) is 2. The van der Waals surface area contributed by atoms with Gasteiger partial charge in [-0.15, -0.1) is 29.8 Å². The number of aliphatic carboxylic acids is 2. The van der Waals surface area contributed by atoms with Crippen LogP contribution in [0.1, 0.15) is 51.4 Å². The smallest absolute Gasteiger partial charge is 0.303 e. The van der Waals surface area contributed by atoms with Gasteiger partial charge in [-0.3, -0.25) is 9.59 Å². The van der Waals surface area contributed by atoms with E-state index in [2.05, 4.69) is 6.58 Å². The third kappa shape index (κ3) is 27.5. The molecule has 1 saturated heterocycles. The van der Waals surface area contributed by atoms with Gasteiger partial charge in [-0.2, -0.15) is 0 Å². The molecule has 1 aliphatic heterocycles. The molecule has 0 radical (unpaired) electrons. The Balaban J connectivity index is 0. The van der Waals surface area contributed by atoms with Gasteiger partial charge in [-0.1, -0.05) is 12.5 Å². The Hall–Kier alpha value is -0.780. The van der Waals surface area contributed by atoms with E-state index < -0.39 is 11.9 Å². The highest BCUT2D eigenvalue weighted by atomic mass is 35.5. The van der Waals surface area contributed by atoms with Crippen molar-refractivity contribution in [2.75, 3.05) is 11.9 Å². The molecule has 2 N–H and O–H groups in total. The summed E-state index contributed by atoms with van der Waals surface area (Å²) < 4.78 is 4.97. The van der Waals surface area contributed by atoms with Gasteiger partial charge >= 0.3 is 11.9 Å². The van der Waals surface area contributed by atoms with Crippen molar-refractivity contribution in [3.8, 4) is 0 Å². The fourth-order valence-corrected chi connectivity index (χ4v) is 1.45. The molecule has 5 nitrogen and oxygen atoms in total. The van der Waals surface area contributed by atoms with Crippen LogP contribution in [0.4, 0.5) is 0 Å². The van der Waals surface area contributed by atoms with Crippen LogP contribution in [-0.4, -0.2) is 40.2 Å². The molecular weight excluding hydrogens is 331 g/mol. The summed E-state index contributed by atoms with van der Waals surface area (Å²) in [5.41, 5.74) is 0. The number of epoxide rings is 1. The van der Waals surface area contributed by atoms with Crippen molar-refractivity contribution < 1.29 is 24.5 Å². The quantitative estimate of drug-likeness (QED) is 0.264. The van der Waals surface area contributed by atoms with E-state index in [1.54, 1.807) is 0 Å². The number of ether oxygens (including phenoxy) is 1. The maximum absolute atomic E-state index is 10.0. The molecule has 22 heavy (non-hydrogen) atoms. The lowest BCUT2D eigenvalue weighted by atomic mass is 10.1. The molecule has 1 fully saturated rings. The zero-order valence-electron chi connectivity index (χ0n) is 12.8. The molecule has 0 aromatic rings. The van der Waals surface area contributed by atoms with E-state index in [9.17, 15) is 9.59 Å². The van der Waals surface area contributed by atoms with Crippen LogP contribution in [0.15, 0.2) is 12.7 Å². The Bertz CT molecular complexity index is 294. The molecule has 130 valence electrons. The van der Waals surface area contributed by atoms with Gasteiger partial charge in [0.2, 0.25) is 0 Å². The predicted molar refractivity (Wildman–Crippen MR) is 88.7 cm³/mol. The minimum Gasteiger partial charge on any atom is -0.481 e. The van der Waals surface area contributed by atoms with E-state index in [4.69, 9.17) is 38.2 Å². The first-order chi connectivity index (χ1) is 10.5. The summed E-state index contributed by atoms with van der Waals surface area (Å²) in [7, 11) is 0. The summed E-state index contributed by atoms with van der Waals surface area (Å²) >= 11 is 9.53. The molecule has 0 saturated carbocycles. The zero-order chi connectivity index (χ0) is 17.2. The van der Waals surface area contributed by atoms with Crippen LogP contribution in [0.2, 0.25) is 0 Å². The summed E-state index contributed by atoms with van der Waals surface area (Å²) in [5, 5.41) is 16.6. The van der Waals surface area contributed by atoms with Crippen molar-refractivity contribution in [3.05, 3.63) is 12.7 Å². The van der Waals surface area contributed by atoms with Gasteiger partial charge in [0.05, 0.1) is 18.1 Å².